The second-order valence-corrected chi connectivity index (χ2v) is 5.02. The van der Waals surface area contributed by atoms with E-state index in [0.717, 1.165) is 5.56 Å². The second kappa shape index (κ2) is 5.15. The van der Waals surface area contributed by atoms with E-state index in [2.05, 4.69) is 12.1 Å². The van der Waals surface area contributed by atoms with Crippen LogP contribution in [0.3, 0.4) is 0 Å². The predicted octanol–water partition coefficient (Wildman–Crippen LogP) is 3.05. The average molecular weight is 245 g/mol. The van der Waals surface area contributed by atoms with E-state index in [1.807, 2.05) is 29.6 Å². The standard InChI is InChI=1S/C14H15NOS/c1-15(2)13(16)10-12-8-9-17-14(12)11-6-4-3-5-7-11/h3-9H,10H2,1-2H3. The van der Waals surface area contributed by atoms with Crippen molar-refractivity contribution in [3.05, 3.63) is 47.3 Å². The fourth-order valence-corrected chi connectivity index (χ4v) is 2.57. The SMILES string of the molecule is CN(C)C(=O)Cc1ccsc1-c1ccccc1. The Bertz CT molecular complexity index is 502. The molecule has 1 amide bonds. The Labute approximate surface area is 106 Å². The summed E-state index contributed by atoms with van der Waals surface area (Å²) >= 11 is 1.69. The maximum absolute atomic E-state index is 11.7. The zero-order chi connectivity index (χ0) is 12.3. The molecule has 88 valence electrons. The molecule has 0 saturated carbocycles. The highest BCUT2D eigenvalue weighted by Crippen LogP contribution is 2.29. The van der Waals surface area contributed by atoms with Gasteiger partial charge in [0.05, 0.1) is 6.42 Å². The summed E-state index contributed by atoms with van der Waals surface area (Å²) < 4.78 is 0. The van der Waals surface area contributed by atoms with Crippen LogP contribution in [0.1, 0.15) is 5.56 Å². The summed E-state index contributed by atoms with van der Waals surface area (Å²) in [7, 11) is 3.58. The number of carbonyl (C=O) groups excluding carboxylic acids is 1. The molecule has 0 spiro atoms. The van der Waals surface area contributed by atoms with E-state index in [4.69, 9.17) is 0 Å². The van der Waals surface area contributed by atoms with Crippen molar-refractivity contribution in [2.45, 2.75) is 6.42 Å². The van der Waals surface area contributed by atoms with Crippen molar-refractivity contribution in [2.75, 3.05) is 14.1 Å². The van der Waals surface area contributed by atoms with Gasteiger partial charge < -0.3 is 4.90 Å². The molecular formula is C14H15NOS. The molecule has 0 aliphatic rings. The van der Waals surface area contributed by atoms with Crippen molar-refractivity contribution in [1.29, 1.82) is 0 Å². The zero-order valence-corrected chi connectivity index (χ0v) is 10.8. The molecule has 0 radical (unpaired) electrons. The molecule has 0 unspecified atom stereocenters. The Morgan fingerprint density at radius 1 is 1.18 bits per heavy atom. The lowest BCUT2D eigenvalue weighted by Crippen LogP contribution is -2.23. The Morgan fingerprint density at radius 2 is 1.88 bits per heavy atom. The van der Waals surface area contributed by atoms with Gasteiger partial charge in [0.2, 0.25) is 5.91 Å². The number of likely N-dealkylation sites (N-methyl/N-ethyl adjacent to an activating group) is 1. The summed E-state index contributed by atoms with van der Waals surface area (Å²) in [4.78, 5) is 14.6. The topological polar surface area (TPSA) is 20.3 Å². The molecule has 2 rings (SSSR count). The Morgan fingerprint density at radius 3 is 2.53 bits per heavy atom. The summed E-state index contributed by atoms with van der Waals surface area (Å²) in [5.74, 6) is 0.139. The predicted molar refractivity (Wildman–Crippen MR) is 72.2 cm³/mol. The van der Waals surface area contributed by atoms with Crippen molar-refractivity contribution >= 4 is 17.2 Å². The molecule has 2 aromatic rings. The third-order valence-corrected chi connectivity index (χ3v) is 3.63. The van der Waals surface area contributed by atoms with Crippen molar-refractivity contribution in [3.8, 4) is 10.4 Å². The first-order chi connectivity index (χ1) is 8.18. The molecule has 0 saturated heterocycles. The number of hydrogen-bond donors (Lipinski definition) is 0. The van der Waals surface area contributed by atoms with Gasteiger partial charge in [-0.1, -0.05) is 30.3 Å². The fraction of sp³-hybridized carbons (Fsp3) is 0.214. The Balaban J connectivity index is 2.27. The van der Waals surface area contributed by atoms with Gasteiger partial charge in [-0.15, -0.1) is 11.3 Å². The highest BCUT2D eigenvalue weighted by atomic mass is 32.1. The molecule has 0 N–H and O–H groups in total. The summed E-state index contributed by atoms with van der Waals surface area (Å²) in [5, 5.41) is 2.04. The van der Waals surface area contributed by atoms with Crippen LogP contribution in [0.4, 0.5) is 0 Å². The van der Waals surface area contributed by atoms with E-state index in [0.29, 0.717) is 6.42 Å². The van der Waals surface area contributed by atoms with Crippen molar-refractivity contribution < 1.29 is 4.79 Å². The minimum Gasteiger partial charge on any atom is -0.349 e. The number of hydrogen-bond acceptors (Lipinski definition) is 2. The van der Waals surface area contributed by atoms with E-state index in [1.54, 1.807) is 30.3 Å². The molecule has 0 bridgehead atoms. The molecule has 0 aliphatic carbocycles. The lowest BCUT2D eigenvalue weighted by molar-refractivity contribution is -0.127. The largest absolute Gasteiger partial charge is 0.349 e. The summed E-state index contributed by atoms with van der Waals surface area (Å²) in [6, 6.07) is 12.2. The smallest absolute Gasteiger partial charge is 0.226 e. The van der Waals surface area contributed by atoms with Crippen LogP contribution in [0.15, 0.2) is 41.8 Å². The fourth-order valence-electron chi connectivity index (χ4n) is 1.64. The normalized spacial score (nSPS) is 10.2. The van der Waals surface area contributed by atoms with Crippen LogP contribution in [0, 0.1) is 0 Å². The van der Waals surface area contributed by atoms with Gasteiger partial charge in [0.1, 0.15) is 0 Å². The number of thiophene rings is 1. The minimum atomic E-state index is 0.139. The monoisotopic (exact) mass is 245 g/mol. The Hall–Kier alpha value is -1.61. The molecule has 3 heteroatoms. The summed E-state index contributed by atoms with van der Waals surface area (Å²) in [5.41, 5.74) is 2.30. The first-order valence-corrected chi connectivity index (χ1v) is 6.38. The summed E-state index contributed by atoms with van der Waals surface area (Å²) in [6.07, 6.45) is 0.473. The molecule has 2 nitrogen and oxygen atoms in total. The van der Waals surface area contributed by atoms with Crippen LogP contribution in [0.5, 0.6) is 0 Å². The second-order valence-electron chi connectivity index (χ2n) is 4.11. The zero-order valence-electron chi connectivity index (χ0n) is 10.0. The maximum atomic E-state index is 11.7. The van der Waals surface area contributed by atoms with Gasteiger partial charge in [0.15, 0.2) is 0 Å². The molecule has 1 aromatic heterocycles. The number of benzene rings is 1. The van der Waals surface area contributed by atoms with Gasteiger partial charge in [-0.3, -0.25) is 4.79 Å². The van der Waals surface area contributed by atoms with Gasteiger partial charge >= 0.3 is 0 Å². The third-order valence-electron chi connectivity index (χ3n) is 2.62. The van der Waals surface area contributed by atoms with E-state index >= 15 is 0 Å². The van der Waals surface area contributed by atoms with Gasteiger partial charge in [-0.05, 0) is 22.6 Å². The van der Waals surface area contributed by atoms with Crippen LogP contribution in [0.25, 0.3) is 10.4 Å². The highest BCUT2D eigenvalue weighted by Gasteiger charge is 2.11. The van der Waals surface area contributed by atoms with Crippen LogP contribution >= 0.6 is 11.3 Å². The van der Waals surface area contributed by atoms with Crippen molar-refractivity contribution in [3.63, 3.8) is 0 Å². The molecule has 1 aromatic carbocycles. The molecule has 1 heterocycles. The van der Waals surface area contributed by atoms with Gasteiger partial charge in [-0.25, -0.2) is 0 Å². The number of carbonyl (C=O) groups is 1. The van der Waals surface area contributed by atoms with Crippen LogP contribution in [-0.4, -0.2) is 24.9 Å². The lowest BCUT2D eigenvalue weighted by Gasteiger charge is -2.10. The van der Waals surface area contributed by atoms with Crippen LogP contribution in [0.2, 0.25) is 0 Å². The van der Waals surface area contributed by atoms with Gasteiger partial charge in [0, 0.05) is 19.0 Å². The van der Waals surface area contributed by atoms with E-state index in [1.165, 1.54) is 10.4 Å². The number of amides is 1. The van der Waals surface area contributed by atoms with Crippen LogP contribution < -0.4 is 0 Å². The summed E-state index contributed by atoms with van der Waals surface area (Å²) in [6.45, 7) is 0. The molecule has 17 heavy (non-hydrogen) atoms. The maximum Gasteiger partial charge on any atom is 0.226 e. The highest BCUT2D eigenvalue weighted by molar-refractivity contribution is 7.13. The van der Waals surface area contributed by atoms with E-state index < -0.39 is 0 Å². The first kappa shape index (κ1) is 11.9. The number of nitrogens with zero attached hydrogens (tertiary/aromatic N) is 1. The molecular weight excluding hydrogens is 230 g/mol. The average Bonchev–Trinajstić information content (AvgIpc) is 2.78. The third kappa shape index (κ3) is 2.74. The van der Waals surface area contributed by atoms with Crippen molar-refractivity contribution in [1.82, 2.24) is 4.90 Å². The molecule has 0 atom stereocenters. The number of rotatable bonds is 3. The van der Waals surface area contributed by atoms with Gasteiger partial charge in [-0.2, -0.15) is 0 Å². The quantitative estimate of drug-likeness (QED) is 0.814. The first-order valence-electron chi connectivity index (χ1n) is 5.50. The minimum absolute atomic E-state index is 0.139. The van der Waals surface area contributed by atoms with Crippen molar-refractivity contribution in [2.24, 2.45) is 0 Å². The molecule has 0 fully saturated rings. The van der Waals surface area contributed by atoms with E-state index in [-0.39, 0.29) is 5.91 Å². The van der Waals surface area contributed by atoms with Crippen LogP contribution in [-0.2, 0) is 11.2 Å². The molecule has 0 aliphatic heterocycles. The van der Waals surface area contributed by atoms with E-state index in [9.17, 15) is 4.79 Å². The van der Waals surface area contributed by atoms with Gasteiger partial charge in [0.25, 0.3) is 0 Å². The lowest BCUT2D eigenvalue weighted by atomic mass is 10.1. The Kier molecular flexibility index (Phi) is 3.59.